The van der Waals surface area contributed by atoms with Crippen LogP contribution in [0.5, 0.6) is 5.75 Å². The lowest BCUT2D eigenvalue weighted by Gasteiger charge is -2.09. The number of aryl methyl sites for hydroxylation is 2. The molecule has 0 radical (unpaired) electrons. The van der Waals surface area contributed by atoms with E-state index in [0.29, 0.717) is 13.0 Å². The molecule has 2 aromatic rings. The molecule has 21 heavy (non-hydrogen) atoms. The number of carbonyl (C=O) groups excluding carboxylic acids is 1. The van der Waals surface area contributed by atoms with Gasteiger partial charge in [-0.15, -0.1) is 0 Å². The zero-order valence-electron chi connectivity index (χ0n) is 12.8. The third kappa shape index (κ3) is 4.09. The quantitative estimate of drug-likeness (QED) is 0.915. The lowest BCUT2D eigenvalue weighted by atomic mass is 10.1. The van der Waals surface area contributed by atoms with Crippen molar-refractivity contribution in [2.75, 3.05) is 7.11 Å². The summed E-state index contributed by atoms with van der Waals surface area (Å²) < 4.78 is 5.22. The lowest BCUT2D eigenvalue weighted by Crippen LogP contribution is -2.24. The van der Waals surface area contributed by atoms with Crippen LogP contribution in [0.2, 0.25) is 0 Å². The van der Waals surface area contributed by atoms with Crippen molar-refractivity contribution in [3.63, 3.8) is 0 Å². The fraction of sp³-hybridized carbons (Fsp3) is 0.278. The highest BCUT2D eigenvalue weighted by atomic mass is 16.5. The van der Waals surface area contributed by atoms with Gasteiger partial charge < -0.3 is 10.1 Å². The topological polar surface area (TPSA) is 38.3 Å². The van der Waals surface area contributed by atoms with Crippen LogP contribution in [0, 0.1) is 13.8 Å². The summed E-state index contributed by atoms with van der Waals surface area (Å²) in [6.45, 7) is 4.60. The van der Waals surface area contributed by atoms with E-state index < -0.39 is 0 Å². The van der Waals surface area contributed by atoms with E-state index in [0.717, 1.165) is 22.4 Å². The van der Waals surface area contributed by atoms with Crippen LogP contribution >= 0.6 is 0 Å². The summed E-state index contributed by atoms with van der Waals surface area (Å²) in [6.07, 6.45) is 0.386. The fourth-order valence-electron chi connectivity index (χ4n) is 2.30. The molecule has 0 spiro atoms. The largest absolute Gasteiger partial charge is 0.496 e. The number of rotatable bonds is 5. The minimum Gasteiger partial charge on any atom is -0.496 e. The summed E-state index contributed by atoms with van der Waals surface area (Å²) in [5.74, 6) is 0.877. The van der Waals surface area contributed by atoms with Gasteiger partial charge in [0.25, 0.3) is 0 Å². The summed E-state index contributed by atoms with van der Waals surface area (Å²) in [5.41, 5.74) is 4.38. The standard InChI is InChI=1S/C18H21NO2/c1-13-6-4-5-7-16(13)12-19-18(20)11-15-8-9-17(21-3)14(2)10-15/h4-10H,11-12H2,1-3H3,(H,19,20). The normalized spacial score (nSPS) is 10.2. The molecule has 0 aliphatic carbocycles. The van der Waals surface area contributed by atoms with Crippen molar-refractivity contribution >= 4 is 5.91 Å². The van der Waals surface area contributed by atoms with Gasteiger partial charge in [0.05, 0.1) is 13.5 Å². The van der Waals surface area contributed by atoms with Gasteiger partial charge in [0.2, 0.25) is 5.91 Å². The minimum atomic E-state index is 0.0304. The summed E-state index contributed by atoms with van der Waals surface area (Å²) in [7, 11) is 1.65. The Kier molecular flexibility index (Phi) is 4.99. The van der Waals surface area contributed by atoms with Crippen LogP contribution in [0.1, 0.15) is 22.3 Å². The molecule has 0 heterocycles. The maximum Gasteiger partial charge on any atom is 0.224 e. The van der Waals surface area contributed by atoms with E-state index >= 15 is 0 Å². The second-order valence-corrected chi connectivity index (χ2v) is 5.18. The van der Waals surface area contributed by atoms with Gasteiger partial charge in [0, 0.05) is 6.54 Å². The molecule has 1 amide bonds. The van der Waals surface area contributed by atoms with E-state index in [4.69, 9.17) is 4.74 Å². The maximum absolute atomic E-state index is 12.0. The number of hydrogen-bond acceptors (Lipinski definition) is 2. The molecule has 2 aromatic carbocycles. The predicted octanol–water partition coefficient (Wildman–Crippen LogP) is 3.17. The summed E-state index contributed by atoms with van der Waals surface area (Å²) in [6, 6.07) is 13.9. The highest BCUT2D eigenvalue weighted by Crippen LogP contribution is 2.18. The highest BCUT2D eigenvalue weighted by Gasteiger charge is 2.06. The Morgan fingerprint density at radius 3 is 2.52 bits per heavy atom. The molecule has 1 N–H and O–H groups in total. The van der Waals surface area contributed by atoms with E-state index in [9.17, 15) is 4.79 Å². The first-order valence-corrected chi connectivity index (χ1v) is 7.05. The van der Waals surface area contributed by atoms with Gasteiger partial charge in [0.1, 0.15) is 5.75 Å². The summed E-state index contributed by atoms with van der Waals surface area (Å²) >= 11 is 0. The molecule has 0 aromatic heterocycles. The second-order valence-electron chi connectivity index (χ2n) is 5.18. The summed E-state index contributed by atoms with van der Waals surface area (Å²) in [5, 5.41) is 2.97. The third-order valence-corrected chi connectivity index (χ3v) is 3.56. The molecule has 0 unspecified atom stereocenters. The molecule has 0 saturated heterocycles. The van der Waals surface area contributed by atoms with Gasteiger partial charge in [-0.25, -0.2) is 0 Å². The van der Waals surface area contributed by atoms with Gasteiger partial charge in [-0.1, -0.05) is 36.4 Å². The van der Waals surface area contributed by atoms with Gasteiger partial charge in [-0.3, -0.25) is 4.79 Å². The zero-order valence-corrected chi connectivity index (χ0v) is 12.8. The molecular formula is C18H21NO2. The molecule has 0 fully saturated rings. The molecule has 3 nitrogen and oxygen atoms in total. The number of benzene rings is 2. The fourth-order valence-corrected chi connectivity index (χ4v) is 2.30. The van der Waals surface area contributed by atoms with Gasteiger partial charge in [-0.05, 0) is 42.2 Å². The average molecular weight is 283 g/mol. The van der Waals surface area contributed by atoms with E-state index in [1.807, 2.05) is 56.3 Å². The van der Waals surface area contributed by atoms with Crippen LogP contribution in [-0.2, 0) is 17.8 Å². The Balaban J connectivity index is 1.93. The van der Waals surface area contributed by atoms with E-state index in [1.54, 1.807) is 7.11 Å². The second kappa shape index (κ2) is 6.93. The van der Waals surface area contributed by atoms with Gasteiger partial charge >= 0.3 is 0 Å². The lowest BCUT2D eigenvalue weighted by molar-refractivity contribution is -0.120. The van der Waals surface area contributed by atoms with Crippen molar-refractivity contribution in [2.24, 2.45) is 0 Å². The Labute approximate surface area is 126 Å². The first-order valence-electron chi connectivity index (χ1n) is 7.05. The molecule has 0 bridgehead atoms. The monoisotopic (exact) mass is 283 g/mol. The molecule has 3 heteroatoms. The molecule has 0 saturated carbocycles. The molecule has 2 rings (SSSR count). The van der Waals surface area contributed by atoms with Crippen LogP contribution in [0.4, 0.5) is 0 Å². The molecule has 0 aliphatic rings. The van der Waals surface area contributed by atoms with Crippen LogP contribution in [0.15, 0.2) is 42.5 Å². The average Bonchev–Trinajstić information content (AvgIpc) is 2.46. The molecular weight excluding hydrogens is 262 g/mol. The van der Waals surface area contributed by atoms with Gasteiger partial charge in [-0.2, -0.15) is 0 Å². The number of nitrogens with one attached hydrogen (secondary N) is 1. The zero-order chi connectivity index (χ0) is 15.2. The van der Waals surface area contributed by atoms with Crippen LogP contribution in [0.25, 0.3) is 0 Å². The highest BCUT2D eigenvalue weighted by molar-refractivity contribution is 5.78. The van der Waals surface area contributed by atoms with E-state index in [-0.39, 0.29) is 5.91 Å². The van der Waals surface area contributed by atoms with Crippen molar-refractivity contribution in [2.45, 2.75) is 26.8 Å². The van der Waals surface area contributed by atoms with Crippen molar-refractivity contribution in [3.05, 3.63) is 64.7 Å². The first kappa shape index (κ1) is 15.1. The first-order chi connectivity index (χ1) is 10.1. The van der Waals surface area contributed by atoms with Crippen LogP contribution < -0.4 is 10.1 Å². The van der Waals surface area contributed by atoms with Crippen molar-refractivity contribution in [1.29, 1.82) is 0 Å². The Morgan fingerprint density at radius 2 is 1.86 bits per heavy atom. The third-order valence-electron chi connectivity index (χ3n) is 3.56. The molecule has 110 valence electrons. The van der Waals surface area contributed by atoms with Crippen molar-refractivity contribution < 1.29 is 9.53 Å². The van der Waals surface area contributed by atoms with Crippen molar-refractivity contribution in [3.8, 4) is 5.75 Å². The number of ether oxygens (including phenoxy) is 1. The summed E-state index contributed by atoms with van der Waals surface area (Å²) in [4.78, 5) is 12.0. The minimum absolute atomic E-state index is 0.0304. The van der Waals surface area contributed by atoms with Crippen LogP contribution in [0.3, 0.4) is 0 Å². The Hall–Kier alpha value is -2.29. The number of amides is 1. The Bertz CT molecular complexity index is 635. The van der Waals surface area contributed by atoms with Gasteiger partial charge in [0.15, 0.2) is 0 Å². The molecule has 0 aliphatic heterocycles. The smallest absolute Gasteiger partial charge is 0.224 e. The van der Waals surface area contributed by atoms with E-state index in [1.165, 1.54) is 5.56 Å². The van der Waals surface area contributed by atoms with Crippen LogP contribution in [-0.4, -0.2) is 13.0 Å². The molecule has 0 atom stereocenters. The SMILES string of the molecule is COc1ccc(CC(=O)NCc2ccccc2C)cc1C. The predicted molar refractivity (Wildman–Crippen MR) is 84.5 cm³/mol. The van der Waals surface area contributed by atoms with Crippen molar-refractivity contribution in [1.82, 2.24) is 5.32 Å². The maximum atomic E-state index is 12.0. The number of hydrogen-bond donors (Lipinski definition) is 1. The Morgan fingerprint density at radius 1 is 1.10 bits per heavy atom. The number of carbonyl (C=O) groups is 1. The number of methoxy groups -OCH3 is 1. The van der Waals surface area contributed by atoms with E-state index in [2.05, 4.69) is 5.32 Å².